The molecule has 4 heteroatoms. The minimum atomic E-state index is -0.403. The van der Waals surface area contributed by atoms with Crippen molar-refractivity contribution in [2.24, 2.45) is 11.8 Å². The van der Waals surface area contributed by atoms with Crippen molar-refractivity contribution in [3.05, 3.63) is 47.8 Å². The van der Waals surface area contributed by atoms with Crippen LogP contribution in [0.1, 0.15) is 102 Å². The van der Waals surface area contributed by atoms with Crippen LogP contribution in [0.5, 0.6) is 0 Å². The van der Waals surface area contributed by atoms with Crippen molar-refractivity contribution >= 4 is 11.6 Å². The highest BCUT2D eigenvalue weighted by atomic mass is 16.1. The normalized spacial score (nSPS) is 18.2. The Kier molecular flexibility index (Phi) is 10.9. The monoisotopic (exact) mass is 462 g/mol. The van der Waals surface area contributed by atoms with Gasteiger partial charge in [0.05, 0.1) is 5.92 Å². The average molecular weight is 463 g/mol. The van der Waals surface area contributed by atoms with Gasteiger partial charge in [0.25, 0.3) is 0 Å². The molecule has 1 saturated carbocycles. The number of aromatic nitrogens is 2. The van der Waals surface area contributed by atoms with E-state index in [1.54, 1.807) is 0 Å². The molecule has 1 aliphatic rings. The summed E-state index contributed by atoms with van der Waals surface area (Å²) in [6, 6.07) is 7.90. The molecule has 0 spiro atoms. The highest BCUT2D eigenvalue weighted by Crippen LogP contribution is 2.31. The summed E-state index contributed by atoms with van der Waals surface area (Å²) in [7, 11) is 0. The first kappa shape index (κ1) is 26.2. The zero-order valence-electron chi connectivity index (χ0n) is 21.2. The second kappa shape index (κ2) is 14.1. The number of hydrogen-bond acceptors (Lipinski definition) is 4. The van der Waals surface area contributed by atoms with Gasteiger partial charge in [-0.2, -0.15) is 0 Å². The fourth-order valence-corrected chi connectivity index (χ4v) is 5.02. The van der Waals surface area contributed by atoms with E-state index >= 15 is 0 Å². The van der Waals surface area contributed by atoms with E-state index in [2.05, 4.69) is 23.8 Å². The van der Waals surface area contributed by atoms with Gasteiger partial charge in [0.2, 0.25) is 0 Å². The van der Waals surface area contributed by atoms with Crippen LogP contribution in [0, 0.1) is 11.8 Å². The molecule has 1 aromatic carbocycles. The summed E-state index contributed by atoms with van der Waals surface area (Å²) in [5.74, 6) is 1.02. The van der Waals surface area contributed by atoms with Crippen molar-refractivity contribution in [2.75, 3.05) is 0 Å². The van der Waals surface area contributed by atoms with Crippen LogP contribution in [0.25, 0.3) is 11.4 Å². The Labute approximate surface area is 206 Å². The second-order valence-corrected chi connectivity index (χ2v) is 10.1. The lowest BCUT2D eigenvalue weighted by atomic mass is 9.76. The van der Waals surface area contributed by atoms with Gasteiger partial charge < -0.3 is 0 Å². The molecule has 3 rings (SSSR count). The highest BCUT2D eigenvalue weighted by Gasteiger charge is 2.32. The Morgan fingerprint density at radius 3 is 2.21 bits per heavy atom. The number of ketones is 2. The van der Waals surface area contributed by atoms with Crippen molar-refractivity contribution in [1.82, 2.24) is 9.97 Å². The van der Waals surface area contributed by atoms with E-state index < -0.39 is 5.92 Å². The molecule has 0 bridgehead atoms. The van der Waals surface area contributed by atoms with Gasteiger partial charge >= 0.3 is 0 Å². The summed E-state index contributed by atoms with van der Waals surface area (Å²) in [5.41, 5.74) is 3.09. The van der Waals surface area contributed by atoms with Crippen molar-refractivity contribution in [2.45, 2.75) is 104 Å². The fraction of sp³-hybridized carbons (Fsp3) is 0.600. The summed E-state index contributed by atoms with van der Waals surface area (Å²) in [5, 5.41) is 0. The predicted molar refractivity (Wildman–Crippen MR) is 139 cm³/mol. The molecule has 2 atom stereocenters. The third kappa shape index (κ3) is 8.14. The van der Waals surface area contributed by atoms with E-state index in [4.69, 9.17) is 0 Å². The molecular formula is C30H42N2O2. The molecule has 2 unspecified atom stereocenters. The Balaban J connectivity index is 1.47. The van der Waals surface area contributed by atoms with Crippen molar-refractivity contribution < 1.29 is 9.59 Å². The molecule has 184 valence electrons. The Morgan fingerprint density at radius 2 is 1.53 bits per heavy atom. The number of carbonyl (C=O) groups is 2. The van der Waals surface area contributed by atoms with Gasteiger partial charge in [-0.1, -0.05) is 89.5 Å². The van der Waals surface area contributed by atoms with Gasteiger partial charge in [-0.05, 0) is 42.7 Å². The quantitative estimate of drug-likeness (QED) is 0.218. The summed E-state index contributed by atoms with van der Waals surface area (Å²) >= 11 is 0. The smallest absolute Gasteiger partial charge is 0.159 e. The number of nitrogens with zero attached hydrogens (tertiary/aromatic N) is 2. The molecule has 2 aromatic rings. The standard InChI is InChI=1S/C30H42N2O2/c1-3-5-7-8-10-12-25-21-31-30(32-22-25)26-16-13-24(14-17-26)20-29(34)27-18-15-23(19-28(27)33)11-9-6-4-2/h13-14,16-17,21-23,27H,3-12,15,18-20H2,1-2H3. The van der Waals surface area contributed by atoms with Gasteiger partial charge in [0.1, 0.15) is 11.6 Å². The van der Waals surface area contributed by atoms with E-state index in [0.29, 0.717) is 24.6 Å². The minimum Gasteiger partial charge on any atom is -0.299 e. The minimum absolute atomic E-state index is 0.0734. The molecule has 0 saturated heterocycles. The fourth-order valence-electron chi connectivity index (χ4n) is 5.02. The van der Waals surface area contributed by atoms with Crippen LogP contribution in [-0.4, -0.2) is 21.5 Å². The lowest BCUT2D eigenvalue weighted by molar-refractivity contribution is -0.135. The van der Waals surface area contributed by atoms with E-state index in [0.717, 1.165) is 36.8 Å². The van der Waals surface area contributed by atoms with Crippen molar-refractivity contribution in [1.29, 1.82) is 0 Å². The van der Waals surface area contributed by atoms with Crippen LogP contribution >= 0.6 is 0 Å². The number of unbranched alkanes of at least 4 members (excludes halogenated alkanes) is 6. The van der Waals surface area contributed by atoms with Gasteiger partial charge in [-0.3, -0.25) is 9.59 Å². The lowest BCUT2D eigenvalue weighted by Gasteiger charge is -2.26. The average Bonchev–Trinajstić information content (AvgIpc) is 2.85. The van der Waals surface area contributed by atoms with Crippen LogP contribution in [0.2, 0.25) is 0 Å². The molecule has 1 heterocycles. The van der Waals surface area contributed by atoms with Crippen molar-refractivity contribution in [3.8, 4) is 11.4 Å². The maximum absolute atomic E-state index is 12.8. The van der Waals surface area contributed by atoms with E-state index in [9.17, 15) is 9.59 Å². The lowest BCUT2D eigenvalue weighted by Crippen LogP contribution is -2.32. The van der Waals surface area contributed by atoms with Crippen LogP contribution in [-0.2, 0) is 22.4 Å². The molecule has 0 radical (unpaired) electrons. The van der Waals surface area contributed by atoms with Gasteiger partial charge in [-0.15, -0.1) is 0 Å². The summed E-state index contributed by atoms with van der Waals surface area (Å²) in [4.78, 5) is 34.5. The molecule has 0 amide bonds. The largest absolute Gasteiger partial charge is 0.299 e. The zero-order valence-corrected chi connectivity index (χ0v) is 21.2. The third-order valence-corrected chi connectivity index (χ3v) is 7.21. The van der Waals surface area contributed by atoms with Crippen LogP contribution in [0.4, 0.5) is 0 Å². The predicted octanol–water partition coefficient (Wildman–Crippen LogP) is 7.33. The molecule has 0 aliphatic heterocycles. The number of hydrogen-bond donors (Lipinski definition) is 0. The molecule has 0 N–H and O–H groups in total. The van der Waals surface area contributed by atoms with E-state index in [1.165, 1.54) is 56.9 Å². The molecule has 1 fully saturated rings. The number of carbonyl (C=O) groups excluding carboxylic acids is 2. The molecule has 4 nitrogen and oxygen atoms in total. The van der Waals surface area contributed by atoms with Gasteiger partial charge in [0, 0.05) is 30.8 Å². The number of rotatable bonds is 14. The molecule has 34 heavy (non-hydrogen) atoms. The van der Waals surface area contributed by atoms with Crippen molar-refractivity contribution in [3.63, 3.8) is 0 Å². The first-order valence-electron chi connectivity index (χ1n) is 13.6. The molecular weight excluding hydrogens is 420 g/mol. The first-order chi connectivity index (χ1) is 16.6. The summed E-state index contributed by atoms with van der Waals surface area (Å²) in [6.45, 7) is 4.44. The van der Waals surface area contributed by atoms with Gasteiger partial charge in [-0.25, -0.2) is 9.97 Å². The maximum atomic E-state index is 12.8. The number of aryl methyl sites for hydroxylation is 1. The molecule has 1 aromatic heterocycles. The third-order valence-electron chi connectivity index (χ3n) is 7.21. The number of benzene rings is 1. The van der Waals surface area contributed by atoms with E-state index in [1.807, 2.05) is 36.7 Å². The highest BCUT2D eigenvalue weighted by molar-refractivity contribution is 6.03. The first-order valence-corrected chi connectivity index (χ1v) is 13.6. The van der Waals surface area contributed by atoms with Crippen LogP contribution in [0.15, 0.2) is 36.7 Å². The summed E-state index contributed by atoms with van der Waals surface area (Å²) < 4.78 is 0. The second-order valence-electron chi connectivity index (χ2n) is 10.1. The van der Waals surface area contributed by atoms with Crippen LogP contribution < -0.4 is 0 Å². The SMILES string of the molecule is CCCCCCCc1cnc(-c2ccc(CC(=O)C3CCC(CCCCC)CC3=O)cc2)nc1. The Morgan fingerprint density at radius 1 is 0.853 bits per heavy atom. The zero-order chi connectivity index (χ0) is 24.2. The van der Waals surface area contributed by atoms with Gasteiger partial charge in [0.15, 0.2) is 5.82 Å². The van der Waals surface area contributed by atoms with E-state index in [-0.39, 0.29) is 11.6 Å². The Hall–Kier alpha value is -2.36. The number of Topliss-reactive ketones (excluding diaryl/α,β-unsaturated/α-hetero) is 2. The topological polar surface area (TPSA) is 59.9 Å². The summed E-state index contributed by atoms with van der Waals surface area (Å²) in [6.07, 6.45) is 18.7. The van der Waals surface area contributed by atoms with Crippen LogP contribution in [0.3, 0.4) is 0 Å². The Bertz CT molecular complexity index is 889. The maximum Gasteiger partial charge on any atom is 0.159 e. The molecule has 1 aliphatic carbocycles.